The molecule has 1 N–H and O–H groups in total. The predicted octanol–water partition coefficient (Wildman–Crippen LogP) is 4.98. The molecule has 6 nitrogen and oxygen atoms in total. The van der Waals surface area contributed by atoms with Crippen molar-refractivity contribution >= 4 is 28.6 Å². The van der Waals surface area contributed by atoms with Gasteiger partial charge in [0, 0.05) is 5.92 Å². The third-order valence-corrected chi connectivity index (χ3v) is 4.36. The van der Waals surface area contributed by atoms with Crippen molar-refractivity contribution in [3.63, 3.8) is 0 Å². The van der Waals surface area contributed by atoms with Gasteiger partial charge in [0.2, 0.25) is 11.9 Å². The van der Waals surface area contributed by atoms with Gasteiger partial charge in [-0.2, -0.15) is 0 Å². The van der Waals surface area contributed by atoms with Gasteiger partial charge in [0.1, 0.15) is 11.6 Å². The van der Waals surface area contributed by atoms with E-state index in [0.717, 1.165) is 6.20 Å². The first-order valence-corrected chi connectivity index (χ1v) is 8.23. The van der Waals surface area contributed by atoms with Gasteiger partial charge in [-0.1, -0.05) is 34.3 Å². The van der Waals surface area contributed by atoms with Crippen LogP contribution in [0.4, 0.5) is 16.0 Å². The monoisotopic (exact) mass is 367 g/mol. The molecule has 3 rings (SSSR count). The molecule has 140 valence electrons. The summed E-state index contributed by atoms with van der Waals surface area (Å²) >= 11 is 0. The quantitative estimate of drug-likeness (QED) is 0.662. The second-order valence-corrected chi connectivity index (χ2v) is 6.41. The molecular formula is C20H22FN5O. The summed E-state index contributed by atoms with van der Waals surface area (Å²) in [7, 11) is 0. The molecule has 0 aliphatic heterocycles. The summed E-state index contributed by atoms with van der Waals surface area (Å²) in [5.41, 5.74) is 1.66. The zero-order chi connectivity index (χ0) is 18.8. The number of hydrogen-bond acceptors (Lipinski definition) is 3. The number of anilines is 1. The number of carbonyl (C=O) groups excluding carboxylic acids is 1. The minimum absolute atomic E-state index is 0. The first-order valence-electron chi connectivity index (χ1n) is 8.23. The van der Waals surface area contributed by atoms with Gasteiger partial charge >= 0.3 is 0 Å². The van der Waals surface area contributed by atoms with Crippen LogP contribution in [0.1, 0.15) is 28.2 Å². The minimum Gasteiger partial charge on any atom is -0.295 e. The fourth-order valence-corrected chi connectivity index (χ4v) is 2.48. The van der Waals surface area contributed by atoms with Gasteiger partial charge in [0.15, 0.2) is 5.69 Å². The molecule has 0 spiro atoms. The van der Waals surface area contributed by atoms with Crippen molar-refractivity contribution in [2.75, 3.05) is 5.32 Å². The van der Waals surface area contributed by atoms with E-state index in [1.54, 1.807) is 22.8 Å². The van der Waals surface area contributed by atoms with Crippen LogP contribution in [0, 0.1) is 24.2 Å². The van der Waals surface area contributed by atoms with Crippen molar-refractivity contribution in [2.24, 2.45) is 11.8 Å². The van der Waals surface area contributed by atoms with E-state index in [1.807, 2.05) is 20.8 Å². The number of halogens is 1. The van der Waals surface area contributed by atoms with Crippen molar-refractivity contribution in [2.45, 2.75) is 28.2 Å². The maximum absolute atomic E-state index is 13.3. The summed E-state index contributed by atoms with van der Waals surface area (Å²) in [4.78, 5) is 24.5. The number of fused-ring (bicyclic) bond motifs is 1. The number of aromatic nitrogens is 3. The van der Waals surface area contributed by atoms with Crippen LogP contribution in [0.15, 0.2) is 36.5 Å². The highest BCUT2D eigenvalue weighted by Gasteiger charge is 2.21. The fraction of sp³-hybridized carbons (Fsp3) is 0.300. The van der Waals surface area contributed by atoms with Crippen LogP contribution in [-0.2, 0) is 4.79 Å². The highest BCUT2D eigenvalue weighted by Crippen LogP contribution is 2.28. The molecular weight excluding hydrogens is 345 g/mol. The maximum atomic E-state index is 13.3. The van der Waals surface area contributed by atoms with E-state index in [-0.39, 0.29) is 25.2 Å². The van der Waals surface area contributed by atoms with E-state index in [1.165, 1.54) is 12.1 Å². The predicted molar refractivity (Wildman–Crippen MR) is 104 cm³/mol. The SMILES string of the molecule is C.[C-]#[N+]c1ccc2nc(NC(=O)[C@@H](C)C(C)C)n(-c3ccc(F)cn3)c2c1. The Kier molecular flexibility index (Phi) is 5.91. The molecule has 1 atom stereocenters. The Morgan fingerprint density at radius 1 is 1.26 bits per heavy atom. The van der Waals surface area contributed by atoms with E-state index in [0.29, 0.717) is 28.5 Å². The van der Waals surface area contributed by atoms with Gasteiger partial charge in [0.25, 0.3) is 0 Å². The lowest BCUT2D eigenvalue weighted by Gasteiger charge is -2.15. The average molecular weight is 367 g/mol. The number of benzene rings is 1. The fourth-order valence-electron chi connectivity index (χ4n) is 2.48. The first-order chi connectivity index (χ1) is 12.4. The van der Waals surface area contributed by atoms with Crippen LogP contribution >= 0.6 is 0 Å². The van der Waals surface area contributed by atoms with E-state index in [9.17, 15) is 9.18 Å². The van der Waals surface area contributed by atoms with Gasteiger partial charge in [-0.25, -0.2) is 19.2 Å². The van der Waals surface area contributed by atoms with E-state index in [4.69, 9.17) is 6.57 Å². The number of nitrogens with zero attached hydrogens (tertiary/aromatic N) is 4. The lowest BCUT2D eigenvalue weighted by Crippen LogP contribution is -2.25. The number of carbonyl (C=O) groups is 1. The summed E-state index contributed by atoms with van der Waals surface area (Å²) in [6.07, 6.45) is 1.10. The van der Waals surface area contributed by atoms with E-state index < -0.39 is 5.82 Å². The number of rotatable bonds is 4. The normalized spacial score (nSPS) is 11.7. The van der Waals surface area contributed by atoms with Crippen LogP contribution in [0.2, 0.25) is 0 Å². The Morgan fingerprint density at radius 2 is 2.00 bits per heavy atom. The molecule has 0 bridgehead atoms. The van der Waals surface area contributed by atoms with Crippen molar-refractivity contribution in [1.29, 1.82) is 0 Å². The summed E-state index contributed by atoms with van der Waals surface area (Å²) in [5, 5.41) is 2.83. The Balaban J connectivity index is 0.00000261. The molecule has 0 fully saturated rings. The largest absolute Gasteiger partial charge is 0.295 e. The molecule has 0 saturated heterocycles. The summed E-state index contributed by atoms with van der Waals surface area (Å²) < 4.78 is 14.9. The molecule has 2 aromatic heterocycles. The summed E-state index contributed by atoms with van der Waals surface area (Å²) in [6, 6.07) is 7.83. The van der Waals surface area contributed by atoms with Crippen LogP contribution < -0.4 is 5.32 Å². The van der Waals surface area contributed by atoms with Crippen LogP contribution in [-0.4, -0.2) is 20.4 Å². The van der Waals surface area contributed by atoms with Crippen LogP contribution in [0.5, 0.6) is 0 Å². The molecule has 0 saturated carbocycles. The number of pyridine rings is 1. The average Bonchev–Trinajstić information content (AvgIpc) is 2.98. The second kappa shape index (κ2) is 7.96. The number of imidazole rings is 1. The smallest absolute Gasteiger partial charge is 0.229 e. The van der Waals surface area contributed by atoms with Crippen LogP contribution in [0.25, 0.3) is 21.7 Å². The van der Waals surface area contributed by atoms with Gasteiger partial charge in [-0.3, -0.25) is 14.7 Å². The number of hydrogen-bond donors (Lipinski definition) is 1. The Bertz CT molecular complexity index is 1000. The highest BCUT2D eigenvalue weighted by molar-refractivity contribution is 5.94. The molecule has 27 heavy (non-hydrogen) atoms. The first kappa shape index (κ1) is 20.0. The third-order valence-electron chi connectivity index (χ3n) is 4.36. The summed E-state index contributed by atoms with van der Waals surface area (Å²) in [6.45, 7) is 13.0. The zero-order valence-electron chi connectivity index (χ0n) is 14.7. The van der Waals surface area contributed by atoms with Gasteiger partial charge < -0.3 is 0 Å². The van der Waals surface area contributed by atoms with E-state index >= 15 is 0 Å². The molecule has 7 heteroatoms. The maximum Gasteiger partial charge on any atom is 0.229 e. The molecule has 3 aromatic rings. The Hall–Kier alpha value is -3.27. The second-order valence-electron chi connectivity index (χ2n) is 6.41. The Morgan fingerprint density at radius 3 is 2.59 bits per heavy atom. The van der Waals surface area contributed by atoms with Crippen molar-refractivity contribution in [3.8, 4) is 5.82 Å². The minimum atomic E-state index is -0.459. The Labute approximate surface area is 157 Å². The third kappa shape index (κ3) is 3.95. The standard InChI is InChI=1S/C19H18FN5O.CH4/c1-11(2)12(3)18(26)24-19-23-15-7-6-14(21-4)9-16(15)25(19)17-8-5-13(20)10-22-17;/h5-12H,1-3H3,(H,23,24,26);1H4/t12-;/m0./s1. The molecule has 1 amide bonds. The molecule has 0 aliphatic carbocycles. The lowest BCUT2D eigenvalue weighted by molar-refractivity contribution is -0.120. The lowest BCUT2D eigenvalue weighted by atomic mass is 9.97. The van der Waals surface area contributed by atoms with Gasteiger partial charge in [-0.15, -0.1) is 0 Å². The summed E-state index contributed by atoms with van der Waals surface area (Å²) in [5.74, 6) is 0.0408. The number of nitrogens with one attached hydrogen (secondary N) is 1. The highest BCUT2D eigenvalue weighted by atomic mass is 19.1. The van der Waals surface area contributed by atoms with Gasteiger partial charge in [0.05, 0.1) is 23.8 Å². The van der Waals surface area contributed by atoms with Crippen molar-refractivity contribution in [1.82, 2.24) is 14.5 Å². The molecule has 2 heterocycles. The van der Waals surface area contributed by atoms with Gasteiger partial charge in [-0.05, 0) is 30.2 Å². The number of amides is 1. The molecule has 0 unspecified atom stereocenters. The van der Waals surface area contributed by atoms with Crippen molar-refractivity contribution < 1.29 is 9.18 Å². The van der Waals surface area contributed by atoms with E-state index in [2.05, 4.69) is 20.1 Å². The molecule has 0 aliphatic rings. The molecule has 1 aromatic carbocycles. The topological polar surface area (TPSA) is 64.2 Å². The molecule has 0 radical (unpaired) electrons. The van der Waals surface area contributed by atoms with Crippen molar-refractivity contribution in [3.05, 3.63) is 53.8 Å². The zero-order valence-corrected chi connectivity index (χ0v) is 14.7. The van der Waals surface area contributed by atoms with Crippen LogP contribution in [0.3, 0.4) is 0 Å².